The highest BCUT2D eigenvalue weighted by Gasteiger charge is 2.45. The van der Waals surface area contributed by atoms with E-state index in [1.165, 1.54) is 18.3 Å². The summed E-state index contributed by atoms with van der Waals surface area (Å²) in [4.78, 5) is 29.1. The number of rotatable bonds is 10. The maximum Gasteiger partial charge on any atom is 0.461 e. The maximum absolute atomic E-state index is 14.9. The van der Waals surface area contributed by atoms with E-state index in [4.69, 9.17) is 11.6 Å². The highest BCUT2D eigenvalue weighted by atomic mass is 35.5. The molecule has 3 atom stereocenters. The first-order valence-corrected chi connectivity index (χ1v) is 12.9. The second kappa shape index (κ2) is 12.3. The Hall–Kier alpha value is -3.93. The molecule has 0 spiro atoms. The fraction of sp³-hybridized carbons (Fsp3) is 0.321. The predicted molar refractivity (Wildman–Crippen MR) is 139 cm³/mol. The number of halogens is 6. The van der Waals surface area contributed by atoms with Crippen LogP contribution in [-0.4, -0.2) is 40.7 Å². The number of carbonyl (C=O) groups is 2. The molecule has 41 heavy (non-hydrogen) atoms. The Morgan fingerprint density at radius 1 is 1.10 bits per heavy atom. The highest BCUT2D eigenvalue weighted by molar-refractivity contribution is 6.30. The van der Waals surface area contributed by atoms with E-state index in [0.29, 0.717) is 24.5 Å². The molecule has 0 unspecified atom stereocenters. The van der Waals surface area contributed by atoms with Crippen LogP contribution in [0.25, 0.3) is 0 Å². The average molecular weight is 598 g/mol. The fourth-order valence-electron chi connectivity index (χ4n) is 4.87. The number of amides is 2. The third-order valence-corrected chi connectivity index (χ3v) is 7.02. The van der Waals surface area contributed by atoms with Gasteiger partial charge in [0.1, 0.15) is 17.1 Å². The molecule has 3 aromatic rings. The van der Waals surface area contributed by atoms with E-state index in [-0.39, 0.29) is 29.1 Å². The minimum atomic E-state index is -4.92. The van der Waals surface area contributed by atoms with E-state index in [1.807, 2.05) is 0 Å². The number of aliphatic carboxylic acids is 1. The number of carbonyl (C=O) groups excluding carboxylic acids is 1. The zero-order chi connectivity index (χ0) is 29.8. The zero-order valence-electron chi connectivity index (χ0n) is 21.3. The smallest absolute Gasteiger partial charge is 0.461 e. The monoisotopic (exact) mass is 597 g/mol. The molecule has 218 valence electrons. The number of carboxylic acids is 1. The Bertz CT molecular complexity index is 1380. The lowest BCUT2D eigenvalue weighted by Crippen LogP contribution is -2.54. The molecule has 7 nitrogen and oxygen atoms in total. The maximum atomic E-state index is 14.9. The van der Waals surface area contributed by atoms with Crippen molar-refractivity contribution in [2.24, 2.45) is 5.92 Å². The second-order valence-corrected chi connectivity index (χ2v) is 10.1. The van der Waals surface area contributed by atoms with Crippen LogP contribution in [0.2, 0.25) is 5.02 Å². The van der Waals surface area contributed by atoms with Crippen molar-refractivity contribution < 1.29 is 41.4 Å². The molecule has 1 aliphatic rings. The van der Waals surface area contributed by atoms with Gasteiger partial charge in [-0.25, -0.2) is 9.18 Å². The number of alkyl halides is 4. The first kappa shape index (κ1) is 30.0. The topological polar surface area (TPSA) is 101 Å². The summed E-state index contributed by atoms with van der Waals surface area (Å²) in [5, 5.41) is 15.0. The molecule has 0 aliphatic heterocycles. The predicted octanol–water partition coefficient (Wildman–Crippen LogP) is 6.15. The van der Waals surface area contributed by atoms with Gasteiger partial charge in [-0.1, -0.05) is 41.9 Å². The lowest BCUT2D eigenvalue weighted by molar-refractivity contribution is -0.253. The van der Waals surface area contributed by atoms with Crippen LogP contribution in [0.3, 0.4) is 0 Å². The Kier molecular flexibility index (Phi) is 9.01. The van der Waals surface area contributed by atoms with Crippen LogP contribution in [0.1, 0.15) is 36.1 Å². The van der Waals surface area contributed by atoms with Crippen LogP contribution in [0, 0.1) is 11.7 Å². The first-order chi connectivity index (χ1) is 19.4. The third kappa shape index (κ3) is 7.24. The molecule has 1 heterocycles. The summed E-state index contributed by atoms with van der Waals surface area (Å²) in [5.41, 5.74) is -1.17. The van der Waals surface area contributed by atoms with Gasteiger partial charge in [0.05, 0.1) is 16.6 Å². The summed E-state index contributed by atoms with van der Waals surface area (Å²) in [6.45, 7) is 0. The second-order valence-electron chi connectivity index (χ2n) is 9.71. The number of urea groups is 1. The Morgan fingerprint density at radius 3 is 2.44 bits per heavy atom. The largest absolute Gasteiger partial charge is 0.481 e. The highest BCUT2D eigenvalue weighted by Crippen LogP contribution is 2.37. The van der Waals surface area contributed by atoms with Crippen molar-refractivity contribution in [1.82, 2.24) is 15.6 Å². The molecule has 0 saturated heterocycles. The standard InChI is InChI=1S/C28H25ClF5N3O4/c29-19-7-9-23(35-15-19)27(14-16-4-2-1-3-5-16,37-26(40)36-21-8-6-17(10-21)24(38)39)18-11-20(30)13-22(12-18)41-28(33,34)25(31)32/h1-5,7,9,11-13,15,17,21,25H,6,8,10,14H2,(H,38,39)(H2,36,37,40)/t17-,21+,27-/m0/s1. The Balaban J connectivity index is 1.82. The van der Waals surface area contributed by atoms with Crippen molar-refractivity contribution in [3.63, 3.8) is 0 Å². The number of carboxylic acid groups (broad SMARTS) is 1. The van der Waals surface area contributed by atoms with Crippen molar-refractivity contribution in [3.05, 3.63) is 94.5 Å². The number of nitrogens with zero attached hydrogens (tertiary/aromatic N) is 1. The van der Waals surface area contributed by atoms with Gasteiger partial charge >= 0.3 is 24.5 Å². The number of hydrogen-bond acceptors (Lipinski definition) is 4. The SMILES string of the molecule is O=C(N[C@@H]1CC[C@H](C(=O)O)C1)N[C@@](Cc1ccccc1)(c1cc(F)cc(OC(F)(F)C(F)F)c1)c1ccc(Cl)cn1. The van der Waals surface area contributed by atoms with E-state index in [9.17, 15) is 36.6 Å². The molecule has 1 aromatic heterocycles. The van der Waals surface area contributed by atoms with Crippen LogP contribution in [0.4, 0.5) is 26.7 Å². The summed E-state index contributed by atoms with van der Waals surface area (Å²) >= 11 is 6.03. The van der Waals surface area contributed by atoms with Gasteiger partial charge in [-0.15, -0.1) is 0 Å². The minimum Gasteiger partial charge on any atom is -0.481 e. The van der Waals surface area contributed by atoms with E-state index in [0.717, 1.165) is 12.1 Å². The normalized spacial score (nSPS) is 18.5. The number of benzene rings is 2. The van der Waals surface area contributed by atoms with E-state index < -0.39 is 53.6 Å². The lowest BCUT2D eigenvalue weighted by atomic mass is 9.80. The molecule has 0 radical (unpaired) electrons. The molecule has 3 N–H and O–H groups in total. The number of pyridine rings is 1. The lowest BCUT2D eigenvalue weighted by Gasteiger charge is -2.36. The molecule has 13 heteroatoms. The van der Waals surface area contributed by atoms with Crippen LogP contribution < -0.4 is 15.4 Å². The number of ether oxygens (including phenoxy) is 1. The third-order valence-electron chi connectivity index (χ3n) is 6.79. The summed E-state index contributed by atoms with van der Waals surface area (Å²) in [6.07, 6.45) is -6.98. The molecule has 0 bridgehead atoms. The zero-order valence-corrected chi connectivity index (χ0v) is 22.1. The van der Waals surface area contributed by atoms with Crippen LogP contribution in [0.5, 0.6) is 5.75 Å². The number of aromatic nitrogens is 1. The van der Waals surface area contributed by atoms with Crippen molar-refractivity contribution in [2.45, 2.75) is 49.8 Å². The van der Waals surface area contributed by atoms with Crippen LogP contribution in [0.15, 0.2) is 66.9 Å². The van der Waals surface area contributed by atoms with Gasteiger partial charge in [0.15, 0.2) is 0 Å². The van der Waals surface area contributed by atoms with Crippen molar-refractivity contribution >= 4 is 23.6 Å². The minimum absolute atomic E-state index is 0.0908. The van der Waals surface area contributed by atoms with E-state index >= 15 is 0 Å². The number of hydrogen-bond donors (Lipinski definition) is 3. The summed E-state index contributed by atoms with van der Waals surface area (Å²) in [5.74, 6) is -3.62. The molecule has 1 saturated carbocycles. The number of nitrogens with one attached hydrogen (secondary N) is 2. The molecule has 1 fully saturated rings. The summed E-state index contributed by atoms with van der Waals surface area (Å²) in [7, 11) is 0. The van der Waals surface area contributed by atoms with Gasteiger partial charge in [-0.3, -0.25) is 9.78 Å². The van der Waals surface area contributed by atoms with Crippen LogP contribution >= 0.6 is 11.6 Å². The first-order valence-electron chi connectivity index (χ1n) is 12.5. The summed E-state index contributed by atoms with van der Waals surface area (Å²) < 4.78 is 72.4. The quantitative estimate of drug-likeness (QED) is 0.244. The Labute approximate surface area is 236 Å². The van der Waals surface area contributed by atoms with Crippen LogP contribution in [-0.2, 0) is 16.8 Å². The van der Waals surface area contributed by atoms with Gasteiger partial charge < -0.3 is 20.5 Å². The van der Waals surface area contributed by atoms with Gasteiger partial charge in [-0.05, 0) is 54.7 Å². The summed E-state index contributed by atoms with van der Waals surface area (Å²) in [6, 6.07) is 12.6. The van der Waals surface area contributed by atoms with Crippen molar-refractivity contribution in [2.75, 3.05) is 0 Å². The van der Waals surface area contributed by atoms with Crippen molar-refractivity contribution in [1.29, 1.82) is 0 Å². The molecular formula is C28H25ClF5N3O4. The van der Waals surface area contributed by atoms with E-state index in [2.05, 4.69) is 20.4 Å². The van der Waals surface area contributed by atoms with Gasteiger partial charge in [0.25, 0.3) is 0 Å². The fourth-order valence-corrected chi connectivity index (χ4v) is 4.98. The van der Waals surface area contributed by atoms with E-state index in [1.54, 1.807) is 30.3 Å². The molecule has 2 amide bonds. The van der Waals surface area contributed by atoms with Gasteiger partial charge in [0, 0.05) is 24.7 Å². The molecule has 1 aliphatic carbocycles. The molecule has 2 aromatic carbocycles. The molecule has 4 rings (SSSR count). The van der Waals surface area contributed by atoms with Gasteiger partial charge in [0.2, 0.25) is 0 Å². The van der Waals surface area contributed by atoms with Gasteiger partial charge in [-0.2, -0.15) is 17.6 Å². The Morgan fingerprint density at radius 2 is 1.83 bits per heavy atom. The average Bonchev–Trinajstić information content (AvgIpc) is 3.37. The molecular weight excluding hydrogens is 573 g/mol. The van der Waals surface area contributed by atoms with Crippen molar-refractivity contribution in [3.8, 4) is 5.75 Å².